The van der Waals surface area contributed by atoms with Crippen molar-refractivity contribution < 1.29 is 19.1 Å². The first-order valence-electron chi connectivity index (χ1n) is 7.31. The molecule has 0 aliphatic rings. The molecular weight excluding hydrogens is 360 g/mol. The number of methoxy groups -OCH3 is 3. The lowest BCUT2D eigenvalue weighted by Gasteiger charge is -2.13. The van der Waals surface area contributed by atoms with Crippen LogP contribution in [0, 0.1) is 21.4 Å². The van der Waals surface area contributed by atoms with Crippen molar-refractivity contribution in [2.75, 3.05) is 21.3 Å². The minimum absolute atomic E-state index is 0.0263. The van der Waals surface area contributed by atoms with Gasteiger partial charge in [-0.15, -0.1) is 0 Å². The van der Waals surface area contributed by atoms with Crippen LogP contribution in [0.4, 0.5) is 5.69 Å². The van der Waals surface area contributed by atoms with E-state index in [9.17, 15) is 15.4 Å². The topological polar surface area (TPSA) is 94.6 Å². The average molecular weight is 375 g/mol. The number of nitrogens with zero attached hydrogens (tertiary/aromatic N) is 2. The van der Waals surface area contributed by atoms with Gasteiger partial charge in [0, 0.05) is 6.07 Å². The van der Waals surface area contributed by atoms with Gasteiger partial charge in [-0.2, -0.15) is 5.26 Å². The van der Waals surface area contributed by atoms with Crippen molar-refractivity contribution in [3.8, 4) is 23.3 Å². The molecule has 0 unspecified atom stereocenters. The van der Waals surface area contributed by atoms with E-state index < -0.39 is 4.92 Å². The van der Waals surface area contributed by atoms with Crippen molar-refractivity contribution in [2.24, 2.45) is 0 Å². The maximum Gasteiger partial charge on any atom is 0.288 e. The summed E-state index contributed by atoms with van der Waals surface area (Å²) in [5.74, 6) is 1.19. The molecule has 0 amide bonds. The Morgan fingerprint density at radius 2 is 1.77 bits per heavy atom. The molecule has 0 heterocycles. The largest absolute Gasteiger partial charge is 0.493 e. The molecule has 0 aromatic heterocycles. The Kier molecular flexibility index (Phi) is 6.04. The van der Waals surface area contributed by atoms with Gasteiger partial charge in [0.2, 0.25) is 5.75 Å². The van der Waals surface area contributed by atoms with E-state index in [1.165, 1.54) is 39.5 Å². The smallest absolute Gasteiger partial charge is 0.288 e. The van der Waals surface area contributed by atoms with Crippen molar-refractivity contribution in [3.63, 3.8) is 0 Å². The summed E-state index contributed by atoms with van der Waals surface area (Å²) in [6, 6.07) is 9.63. The minimum atomic E-state index is -0.578. The van der Waals surface area contributed by atoms with Crippen LogP contribution in [0.15, 0.2) is 30.3 Å². The van der Waals surface area contributed by atoms with Crippen LogP contribution in [0.25, 0.3) is 11.6 Å². The van der Waals surface area contributed by atoms with Gasteiger partial charge in [0.15, 0.2) is 11.5 Å². The Balaban J connectivity index is 2.59. The number of rotatable bonds is 6. The second-order valence-electron chi connectivity index (χ2n) is 5.05. The molecule has 0 N–H and O–H groups in total. The predicted molar refractivity (Wildman–Crippen MR) is 97.7 cm³/mol. The number of halogens is 1. The van der Waals surface area contributed by atoms with Crippen LogP contribution in [0.1, 0.15) is 11.1 Å². The van der Waals surface area contributed by atoms with Crippen LogP contribution >= 0.6 is 11.6 Å². The van der Waals surface area contributed by atoms with E-state index in [4.69, 9.17) is 25.8 Å². The summed E-state index contributed by atoms with van der Waals surface area (Å²) in [4.78, 5) is 10.4. The first-order chi connectivity index (χ1) is 12.4. The van der Waals surface area contributed by atoms with E-state index in [2.05, 4.69) is 6.07 Å². The first-order valence-corrected chi connectivity index (χ1v) is 7.69. The van der Waals surface area contributed by atoms with Gasteiger partial charge in [-0.05, 0) is 35.4 Å². The van der Waals surface area contributed by atoms with Crippen molar-refractivity contribution >= 4 is 28.9 Å². The molecule has 0 saturated carbocycles. The van der Waals surface area contributed by atoms with Crippen molar-refractivity contribution in [1.82, 2.24) is 0 Å². The summed E-state index contributed by atoms with van der Waals surface area (Å²) in [6.07, 6.45) is 1.52. The third-order valence-electron chi connectivity index (χ3n) is 3.57. The lowest BCUT2D eigenvalue weighted by molar-refractivity contribution is -0.384. The number of ether oxygens (including phenoxy) is 3. The first kappa shape index (κ1) is 19.1. The maximum absolute atomic E-state index is 11.0. The summed E-state index contributed by atoms with van der Waals surface area (Å²) < 4.78 is 15.8. The summed E-state index contributed by atoms with van der Waals surface area (Å²) in [7, 11) is 4.42. The van der Waals surface area contributed by atoms with Gasteiger partial charge in [0.05, 0.1) is 37.9 Å². The highest BCUT2D eigenvalue weighted by Gasteiger charge is 2.16. The normalized spacial score (nSPS) is 10.8. The SMILES string of the molecule is COc1cc(C(C#N)=Cc2ccc(Cl)c([N+](=O)[O-])c2)cc(OC)c1OC. The van der Waals surface area contributed by atoms with Crippen LogP contribution in [-0.2, 0) is 0 Å². The fourth-order valence-electron chi connectivity index (χ4n) is 2.34. The molecule has 26 heavy (non-hydrogen) atoms. The average Bonchev–Trinajstić information content (AvgIpc) is 2.65. The number of hydrogen-bond acceptors (Lipinski definition) is 6. The predicted octanol–water partition coefficient (Wildman–Crippen LogP) is 4.34. The van der Waals surface area contributed by atoms with Crippen LogP contribution in [0.5, 0.6) is 17.2 Å². The van der Waals surface area contributed by atoms with E-state index in [1.807, 2.05) is 0 Å². The molecule has 7 nitrogen and oxygen atoms in total. The molecule has 0 spiro atoms. The number of benzene rings is 2. The summed E-state index contributed by atoms with van der Waals surface area (Å²) >= 11 is 5.82. The number of nitro groups is 1. The molecule has 2 rings (SSSR count). The molecule has 2 aromatic carbocycles. The second-order valence-corrected chi connectivity index (χ2v) is 5.46. The Bertz CT molecular complexity index is 893. The van der Waals surface area contributed by atoms with Gasteiger partial charge in [-0.3, -0.25) is 10.1 Å². The maximum atomic E-state index is 11.0. The third kappa shape index (κ3) is 3.87. The van der Waals surface area contributed by atoms with Gasteiger partial charge < -0.3 is 14.2 Å². The Hall–Kier alpha value is -3.24. The molecule has 0 aliphatic carbocycles. The minimum Gasteiger partial charge on any atom is -0.493 e. The highest BCUT2D eigenvalue weighted by molar-refractivity contribution is 6.32. The zero-order chi connectivity index (χ0) is 19.3. The fraction of sp³-hybridized carbons (Fsp3) is 0.167. The van der Waals surface area contributed by atoms with E-state index in [1.54, 1.807) is 18.2 Å². The molecule has 0 saturated heterocycles. The van der Waals surface area contributed by atoms with Gasteiger partial charge in [0.1, 0.15) is 5.02 Å². The van der Waals surface area contributed by atoms with Gasteiger partial charge in [-0.1, -0.05) is 17.7 Å². The molecule has 0 atom stereocenters. The molecular formula is C18H15ClN2O5. The number of nitro benzene ring substituents is 1. The monoisotopic (exact) mass is 374 g/mol. The molecule has 134 valence electrons. The van der Waals surface area contributed by atoms with Crippen LogP contribution in [-0.4, -0.2) is 26.3 Å². The Morgan fingerprint density at radius 1 is 1.15 bits per heavy atom. The molecule has 8 heteroatoms. The van der Waals surface area contributed by atoms with Crippen LogP contribution < -0.4 is 14.2 Å². The van der Waals surface area contributed by atoms with Crippen LogP contribution in [0.3, 0.4) is 0 Å². The quantitative estimate of drug-likeness (QED) is 0.323. The lowest BCUT2D eigenvalue weighted by atomic mass is 10.0. The van der Waals surface area contributed by atoms with E-state index in [-0.39, 0.29) is 16.3 Å². The molecule has 2 aromatic rings. The number of nitriles is 1. The van der Waals surface area contributed by atoms with E-state index >= 15 is 0 Å². The van der Waals surface area contributed by atoms with Crippen molar-refractivity contribution in [2.45, 2.75) is 0 Å². The molecule has 0 radical (unpaired) electrons. The highest BCUT2D eigenvalue weighted by Crippen LogP contribution is 2.40. The zero-order valence-electron chi connectivity index (χ0n) is 14.3. The van der Waals surface area contributed by atoms with E-state index in [0.29, 0.717) is 28.4 Å². The number of allylic oxidation sites excluding steroid dienone is 1. The third-order valence-corrected chi connectivity index (χ3v) is 3.89. The fourth-order valence-corrected chi connectivity index (χ4v) is 2.53. The van der Waals surface area contributed by atoms with Crippen molar-refractivity contribution in [3.05, 3.63) is 56.6 Å². The van der Waals surface area contributed by atoms with Gasteiger partial charge in [-0.25, -0.2) is 0 Å². The van der Waals surface area contributed by atoms with Crippen molar-refractivity contribution in [1.29, 1.82) is 5.26 Å². The zero-order valence-corrected chi connectivity index (χ0v) is 15.0. The number of hydrogen-bond donors (Lipinski definition) is 0. The van der Waals surface area contributed by atoms with Gasteiger partial charge >= 0.3 is 0 Å². The Labute approximate surface area is 155 Å². The second kappa shape index (κ2) is 8.23. The van der Waals surface area contributed by atoms with E-state index in [0.717, 1.165) is 0 Å². The summed E-state index contributed by atoms with van der Waals surface area (Å²) in [5, 5.41) is 20.6. The van der Waals surface area contributed by atoms with Crippen LogP contribution in [0.2, 0.25) is 5.02 Å². The molecule has 0 fully saturated rings. The summed E-state index contributed by atoms with van der Waals surface area (Å²) in [5.41, 5.74) is 1.01. The molecule has 0 bridgehead atoms. The molecule has 0 aliphatic heterocycles. The summed E-state index contributed by atoms with van der Waals surface area (Å²) in [6.45, 7) is 0. The lowest BCUT2D eigenvalue weighted by Crippen LogP contribution is -1.97. The standard InChI is InChI=1S/C18H15ClN2O5/c1-24-16-8-12(9-17(25-2)18(16)26-3)13(10-20)6-11-4-5-14(19)15(7-11)21(22)23/h4-9H,1-3H3. The highest BCUT2D eigenvalue weighted by atomic mass is 35.5. The van der Waals surface area contributed by atoms with Gasteiger partial charge in [0.25, 0.3) is 5.69 Å². The Morgan fingerprint density at radius 3 is 2.23 bits per heavy atom.